The molecule has 0 radical (unpaired) electrons. The van der Waals surface area contributed by atoms with Gasteiger partial charge in [-0.3, -0.25) is 9.59 Å². The summed E-state index contributed by atoms with van der Waals surface area (Å²) in [5.74, 6) is 1.67. The summed E-state index contributed by atoms with van der Waals surface area (Å²) < 4.78 is 0. The van der Waals surface area contributed by atoms with E-state index in [2.05, 4.69) is 0 Å². The number of ketones is 1. The van der Waals surface area contributed by atoms with Crippen LogP contribution in [0.2, 0.25) is 0 Å². The molecule has 1 heterocycles. The molecule has 0 unspecified atom stereocenters. The highest BCUT2D eigenvalue weighted by Crippen LogP contribution is 2.55. The maximum Gasteiger partial charge on any atom is 0.300 e. The van der Waals surface area contributed by atoms with Crippen molar-refractivity contribution in [2.24, 2.45) is 23.7 Å². The second-order valence-corrected chi connectivity index (χ2v) is 6.62. The number of Topliss-reactive ketones (excluding diaryl/α,β-unsaturated/α-hetero) is 1. The summed E-state index contributed by atoms with van der Waals surface area (Å²) in [5, 5.41) is 8.90. The van der Waals surface area contributed by atoms with E-state index in [0.717, 1.165) is 11.8 Å². The molecule has 4 bridgehead atoms. The zero-order valence-corrected chi connectivity index (χ0v) is 10.7. The van der Waals surface area contributed by atoms with Crippen LogP contribution < -0.4 is 0 Å². The van der Waals surface area contributed by atoms with Crippen molar-refractivity contribution in [3.05, 3.63) is 11.8 Å². The average Bonchev–Trinajstić information content (AvgIpc) is 2.66. The topological polar surface area (TPSA) is 61.2 Å². The Morgan fingerprint density at radius 2 is 1.63 bits per heavy atom. The first-order chi connectivity index (χ1) is 9.17. The van der Waals surface area contributed by atoms with Crippen LogP contribution in [0.3, 0.4) is 0 Å². The molecule has 0 saturated heterocycles. The van der Waals surface area contributed by atoms with Crippen LogP contribution in [-0.2, 0) is 9.59 Å². The van der Waals surface area contributed by atoms with Crippen LogP contribution in [0.5, 0.6) is 0 Å². The molecule has 5 aliphatic rings. The van der Waals surface area contributed by atoms with Crippen molar-refractivity contribution in [3.63, 3.8) is 0 Å². The minimum Gasteiger partial charge on any atom is -0.307 e. The van der Waals surface area contributed by atoms with Crippen molar-refractivity contribution < 1.29 is 9.59 Å². The third kappa shape index (κ3) is 1.44. The van der Waals surface area contributed by atoms with Crippen LogP contribution in [0, 0.1) is 35.0 Å². The molecule has 4 aliphatic carbocycles. The molecule has 0 spiro atoms. The van der Waals surface area contributed by atoms with Crippen LogP contribution in [0.15, 0.2) is 11.8 Å². The van der Waals surface area contributed by atoms with Gasteiger partial charge in [-0.1, -0.05) is 0 Å². The number of rotatable bonds is 1. The fourth-order valence-corrected chi connectivity index (χ4v) is 5.14. The molecule has 4 saturated carbocycles. The Labute approximate surface area is 112 Å². The van der Waals surface area contributed by atoms with Gasteiger partial charge in [0.2, 0.25) is 0 Å². The quantitative estimate of drug-likeness (QED) is 0.670. The van der Waals surface area contributed by atoms with Crippen molar-refractivity contribution in [2.45, 2.75) is 38.1 Å². The van der Waals surface area contributed by atoms with E-state index in [0.29, 0.717) is 11.8 Å². The molecule has 98 valence electrons. The Morgan fingerprint density at radius 3 is 2.11 bits per heavy atom. The Hall–Kier alpha value is -1.63. The van der Waals surface area contributed by atoms with Crippen LogP contribution >= 0.6 is 0 Å². The first-order valence-corrected chi connectivity index (χ1v) is 7.16. The second-order valence-electron chi connectivity index (χ2n) is 6.62. The van der Waals surface area contributed by atoms with E-state index in [1.165, 1.54) is 38.3 Å². The number of nitrogens with zero attached hydrogens (tertiary/aromatic N) is 2. The van der Waals surface area contributed by atoms with Gasteiger partial charge in [0.15, 0.2) is 0 Å². The summed E-state index contributed by atoms with van der Waals surface area (Å²) in [7, 11) is 0. The van der Waals surface area contributed by atoms with Gasteiger partial charge >= 0.3 is 0 Å². The Morgan fingerprint density at radius 1 is 1.05 bits per heavy atom. The first-order valence-electron chi connectivity index (χ1n) is 7.16. The number of carbonyl (C=O) groups is 2. The van der Waals surface area contributed by atoms with E-state index in [1.54, 1.807) is 4.90 Å². The molecular weight excluding hydrogens is 240 g/mol. The summed E-state index contributed by atoms with van der Waals surface area (Å²) in [4.78, 5) is 25.4. The zero-order valence-electron chi connectivity index (χ0n) is 10.7. The lowest BCUT2D eigenvalue weighted by atomic mass is 9.54. The molecular formula is C15H16N2O2. The molecule has 0 aromatic carbocycles. The smallest absolute Gasteiger partial charge is 0.300 e. The van der Waals surface area contributed by atoms with Gasteiger partial charge in [0.05, 0.1) is 0 Å². The van der Waals surface area contributed by atoms with Gasteiger partial charge in [0.25, 0.3) is 11.7 Å². The monoisotopic (exact) mass is 256 g/mol. The van der Waals surface area contributed by atoms with E-state index in [-0.39, 0.29) is 11.6 Å². The molecule has 0 N–H and O–H groups in total. The van der Waals surface area contributed by atoms with Crippen LogP contribution in [-0.4, -0.2) is 22.6 Å². The molecule has 4 heteroatoms. The van der Waals surface area contributed by atoms with E-state index in [1.807, 2.05) is 6.07 Å². The number of hydrogen-bond acceptors (Lipinski definition) is 3. The summed E-state index contributed by atoms with van der Waals surface area (Å²) >= 11 is 0. The van der Waals surface area contributed by atoms with Gasteiger partial charge in [-0.2, -0.15) is 5.26 Å². The van der Waals surface area contributed by atoms with Gasteiger partial charge in [-0.25, -0.2) is 0 Å². The predicted molar refractivity (Wildman–Crippen MR) is 66.4 cm³/mol. The lowest BCUT2D eigenvalue weighted by Gasteiger charge is -2.56. The van der Waals surface area contributed by atoms with Crippen LogP contribution in [0.4, 0.5) is 0 Å². The van der Waals surface area contributed by atoms with Gasteiger partial charge < -0.3 is 4.90 Å². The van der Waals surface area contributed by atoms with Crippen molar-refractivity contribution in [2.75, 3.05) is 0 Å². The molecule has 5 rings (SSSR count). The molecule has 0 aromatic rings. The van der Waals surface area contributed by atoms with Gasteiger partial charge in [-0.15, -0.1) is 0 Å². The molecule has 4 fully saturated rings. The highest BCUT2D eigenvalue weighted by molar-refractivity contribution is 6.46. The van der Waals surface area contributed by atoms with E-state index in [9.17, 15) is 9.59 Å². The second kappa shape index (κ2) is 3.69. The van der Waals surface area contributed by atoms with Crippen molar-refractivity contribution in [3.8, 4) is 6.07 Å². The third-order valence-corrected chi connectivity index (χ3v) is 5.56. The summed E-state index contributed by atoms with van der Waals surface area (Å²) in [6.07, 6.45) is 7.68. The molecule has 1 amide bonds. The van der Waals surface area contributed by atoms with E-state index in [4.69, 9.17) is 5.26 Å². The first kappa shape index (κ1) is 11.2. The van der Waals surface area contributed by atoms with Crippen molar-refractivity contribution in [1.82, 2.24) is 4.90 Å². The number of amides is 1. The standard InChI is InChI=1S/C15H16N2O2/c16-6-12-7-17(15(19)14(12)18)13-10-2-8-1-9(4-10)5-11(13)3-8/h7-11,13H,1-5H2. The maximum atomic E-state index is 12.1. The van der Waals surface area contributed by atoms with Gasteiger partial charge in [0, 0.05) is 12.2 Å². The number of hydrogen-bond donors (Lipinski definition) is 0. The third-order valence-electron chi connectivity index (χ3n) is 5.56. The van der Waals surface area contributed by atoms with Crippen molar-refractivity contribution in [1.29, 1.82) is 5.26 Å². The number of carbonyl (C=O) groups excluding carboxylic acids is 2. The Kier molecular flexibility index (Phi) is 2.18. The van der Waals surface area contributed by atoms with Crippen LogP contribution in [0.1, 0.15) is 32.1 Å². The predicted octanol–water partition coefficient (Wildman–Crippen LogP) is 1.63. The summed E-state index contributed by atoms with van der Waals surface area (Å²) in [6.45, 7) is 0. The minimum atomic E-state index is -0.615. The molecule has 1 aliphatic heterocycles. The molecule has 0 aromatic heterocycles. The minimum absolute atomic E-state index is 0.0128. The largest absolute Gasteiger partial charge is 0.307 e. The van der Waals surface area contributed by atoms with E-state index >= 15 is 0 Å². The number of nitriles is 1. The highest BCUT2D eigenvalue weighted by atomic mass is 16.2. The van der Waals surface area contributed by atoms with E-state index < -0.39 is 11.7 Å². The maximum absolute atomic E-state index is 12.1. The van der Waals surface area contributed by atoms with Gasteiger partial charge in [-0.05, 0) is 55.8 Å². The SMILES string of the molecule is N#CC1=CN(C2C3CC4CC(C3)CC2C4)C(=O)C1=O. The Balaban J connectivity index is 1.67. The van der Waals surface area contributed by atoms with Crippen LogP contribution in [0.25, 0.3) is 0 Å². The summed E-state index contributed by atoms with van der Waals surface area (Å²) in [5.41, 5.74) is 0.0128. The molecule has 0 atom stereocenters. The zero-order chi connectivity index (χ0) is 13.1. The van der Waals surface area contributed by atoms with Gasteiger partial charge in [0.1, 0.15) is 11.6 Å². The fraction of sp³-hybridized carbons (Fsp3) is 0.667. The highest BCUT2D eigenvalue weighted by Gasteiger charge is 2.52. The normalized spacial score (nSPS) is 43.6. The van der Waals surface area contributed by atoms with Crippen molar-refractivity contribution >= 4 is 11.7 Å². The fourth-order valence-electron chi connectivity index (χ4n) is 5.14. The molecule has 19 heavy (non-hydrogen) atoms. The lowest BCUT2D eigenvalue weighted by Crippen LogP contribution is -2.55. The Bertz CT molecular complexity index is 515. The lowest BCUT2D eigenvalue weighted by molar-refractivity contribution is -0.145. The summed E-state index contributed by atoms with van der Waals surface area (Å²) in [6, 6.07) is 2.02. The molecule has 4 nitrogen and oxygen atoms in total. The average molecular weight is 256 g/mol.